The van der Waals surface area contributed by atoms with Crippen molar-refractivity contribution in [2.24, 2.45) is 0 Å². The quantitative estimate of drug-likeness (QED) is 0.829. The third-order valence-corrected chi connectivity index (χ3v) is 3.68. The van der Waals surface area contributed by atoms with Gasteiger partial charge in [0.25, 0.3) is 0 Å². The predicted octanol–water partition coefficient (Wildman–Crippen LogP) is 4.34. The number of hydrogen-bond acceptors (Lipinski definition) is 3. The molecule has 0 bridgehead atoms. The molecule has 0 spiro atoms. The first-order valence-corrected chi connectivity index (χ1v) is 7.16. The van der Waals surface area contributed by atoms with Gasteiger partial charge in [0.2, 0.25) is 0 Å². The van der Waals surface area contributed by atoms with Crippen LogP contribution in [0.4, 0.5) is 5.69 Å². The van der Waals surface area contributed by atoms with Crippen LogP contribution in [0, 0.1) is 6.92 Å². The second kappa shape index (κ2) is 6.93. The lowest BCUT2D eigenvalue weighted by Crippen LogP contribution is -2.12. The van der Waals surface area contributed by atoms with Crippen LogP contribution in [0.5, 0.6) is 0 Å². The van der Waals surface area contributed by atoms with Crippen LogP contribution >= 0.6 is 0 Å². The predicted molar refractivity (Wildman–Crippen MR) is 85.6 cm³/mol. The van der Waals surface area contributed by atoms with Crippen LogP contribution < -0.4 is 5.32 Å². The summed E-state index contributed by atoms with van der Waals surface area (Å²) in [6.45, 7) is 4.08. The van der Waals surface area contributed by atoms with Crippen LogP contribution in [0.3, 0.4) is 0 Å². The number of anilines is 1. The van der Waals surface area contributed by atoms with Gasteiger partial charge < -0.3 is 10.1 Å². The maximum absolute atomic E-state index is 11.8. The summed E-state index contributed by atoms with van der Waals surface area (Å²) in [7, 11) is 1.40. The van der Waals surface area contributed by atoms with E-state index in [0.29, 0.717) is 5.56 Å². The summed E-state index contributed by atoms with van der Waals surface area (Å²) in [5.74, 6) is -0.302. The molecule has 0 fully saturated rings. The van der Waals surface area contributed by atoms with Crippen molar-refractivity contribution in [3.8, 4) is 0 Å². The zero-order chi connectivity index (χ0) is 15.2. The number of methoxy groups -OCH3 is 1. The first-order valence-electron chi connectivity index (χ1n) is 7.16. The second-order valence-corrected chi connectivity index (χ2v) is 4.99. The van der Waals surface area contributed by atoms with Gasteiger partial charge in [0.15, 0.2) is 0 Å². The Morgan fingerprint density at radius 1 is 1.14 bits per heavy atom. The molecule has 0 aliphatic carbocycles. The Morgan fingerprint density at radius 3 is 2.48 bits per heavy atom. The summed E-state index contributed by atoms with van der Waals surface area (Å²) >= 11 is 0. The van der Waals surface area contributed by atoms with Crippen LogP contribution in [0.15, 0.2) is 48.5 Å². The van der Waals surface area contributed by atoms with Crippen molar-refractivity contribution in [3.05, 3.63) is 65.2 Å². The van der Waals surface area contributed by atoms with Gasteiger partial charge in [0.1, 0.15) is 0 Å². The highest BCUT2D eigenvalue weighted by molar-refractivity contribution is 5.92. The molecule has 0 saturated heterocycles. The summed E-state index contributed by atoms with van der Waals surface area (Å²) < 4.78 is 4.82. The summed E-state index contributed by atoms with van der Waals surface area (Å²) in [6.07, 6.45) is 0.964. The molecule has 3 heteroatoms. The Kier molecular flexibility index (Phi) is 4.99. The lowest BCUT2D eigenvalue weighted by Gasteiger charge is -2.21. The van der Waals surface area contributed by atoms with Crippen molar-refractivity contribution in [3.63, 3.8) is 0 Å². The van der Waals surface area contributed by atoms with Gasteiger partial charge in [-0.25, -0.2) is 4.79 Å². The Bertz CT molecular complexity index is 608. The minimum Gasteiger partial charge on any atom is -0.465 e. The molecule has 3 nitrogen and oxygen atoms in total. The molecule has 0 heterocycles. The number of nitrogens with one attached hydrogen (secondary N) is 1. The van der Waals surface area contributed by atoms with Gasteiger partial charge in [0.05, 0.1) is 18.7 Å². The van der Waals surface area contributed by atoms with E-state index >= 15 is 0 Å². The number of carbonyl (C=O) groups excluding carboxylic acids is 1. The number of ether oxygens (including phenoxy) is 1. The van der Waals surface area contributed by atoms with Crippen LogP contribution in [0.2, 0.25) is 0 Å². The van der Waals surface area contributed by atoms with Gasteiger partial charge in [-0.2, -0.15) is 0 Å². The maximum atomic E-state index is 11.8. The number of benzene rings is 2. The fourth-order valence-electron chi connectivity index (χ4n) is 2.42. The molecule has 110 valence electrons. The van der Waals surface area contributed by atoms with Crippen molar-refractivity contribution >= 4 is 11.7 Å². The molecule has 0 amide bonds. The molecule has 2 aromatic rings. The number of carbonyl (C=O) groups is 1. The van der Waals surface area contributed by atoms with E-state index in [2.05, 4.69) is 24.4 Å². The minimum atomic E-state index is -0.302. The van der Waals surface area contributed by atoms with E-state index < -0.39 is 0 Å². The van der Waals surface area contributed by atoms with Crippen molar-refractivity contribution in [2.75, 3.05) is 12.4 Å². The Labute approximate surface area is 126 Å². The minimum absolute atomic E-state index is 0.220. The van der Waals surface area contributed by atoms with Gasteiger partial charge in [-0.3, -0.25) is 0 Å². The summed E-state index contributed by atoms with van der Waals surface area (Å²) in [6, 6.07) is 16.2. The lowest BCUT2D eigenvalue weighted by atomic mass is 10.0. The SMILES string of the molecule is CCC(Nc1cccc(C(=O)OC)c1C)c1ccccc1. The van der Waals surface area contributed by atoms with Crippen molar-refractivity contribution in [1.29, 1.82) is 0 Å². The summed E-state index contributed by atoms with van der Waals surface area (Å²) in [5, 5.41) is 3.52. The molecule has 1 N–H and O–H groups in total. The fraction of sp³-hybridized carbons (Fsp3) is 0.278. The van der Waals surface area contributed by atoms with E-state index in [-0.39, 0.29) is 12.0 Å². The van der Waals surface area contributed by atoms with Gasteiger partial charge in [-0.1, -0.05) is 43.3 Å². The van der Waals surface area contributed by atoms with Crippen LogP contribution in [-0.2, 0) is 4.74 Å². The fourth-order valence-corrected chi connectivity index (χ4v) is 2.42. The van der Waals surface area contributed by atoms with Crippen LogP contribution in [0.1, 0.15) is 40.9 Å². The van der Waals surface area contributed by atoms with E-state index in [4.69, 9.17) is 4.74 Å². The largest absolute Gasteiger partial charge is 0.465 e. The number of esters is 1. The monoisotopic (exact) mass is 283 g/mol. The Hall–Kier alpha value is -2.29. The molecule has 0 saturated carbocycles. The number of rotatable bonds is 5. The number of hydrogen-bond donors (Lipinski definition) is 1. The van der Waals surface area contributed by atoms with E-state index in [0.717, 1.165) is 17.7 Å². The zero-order valence-corrected chi connectivity index (χ0v) is 12.7. The molecule has 2 aromatic carbocycles. The molecule has 2 rings (SSSR count). The van der Waals surface area contributed by atoms with Crippen molar-refractivity contribution in [1.82, 2.24) is 0 Å². The average molecular weight is 283 g/mol. The smallest absolute Gasteiger partial charge is 0.338 e. The zero-order valence-electron chi connectivity index (χ0n) is 12.7. The van der Waals surface area contributed by atoms with Crippen molar-refractivity contribution in [2.45, 2.75) is 26.3 Å². The molecule has 0 aliphatic heterocycles. The third kappa shape index (κ3) is 3.43. The molecule has 21 heavy (non-hydrogen) atoms. The summed E-state index contributed by atoms with van der Waals surface area (Å²) in [4.78, 5) is 11.8. The Balaban J connectivity index is 2.28. The highest BCUT2D eigenvalue weighted by atomic mass is 16.5. The molecule has 0 aromatic heterocycles. The topological polar surface area (TPSA) is 38.3 Å². The standard InChI is InChI=1S/C18H21NO2/c1-4-16(14-9-6-5-7-10-14)19-17-12-8-11-15(13(17)2)18(20)21-3/h5-12,16,19H,4H2,1-3H3. The molecule has 1 unspecified atom stereocenters. The highest BCUT2D eigenvalue weighted by Crippen LogP contribution is 2.26. The van der Waals surface area contributed by atoms with Gasteiger partial charge in [-0.15, -0.1) is 0 Å². The van der Waals surface area contributed by atoms with Gasteiger partial charge >= 0.3 is 5.97 Å². The Morgan fingerprint density at radius 2 is 1.86 bits per heavy atom. The first kappa shape index (κ1) is 15.1. The molecular weight excluding hydrogens is 262 g/mol. The molecule has 0 aliphatic rings. The van der Waals surface area contributed by atoms with E-state index in [1.54, 1.807) is 6.07 Å². The van der Waals surface area contributed by atoms with E-state index in [1.807, 2.05) is 37.3 Å². The van der Waals surface area contributed by atoms with E-state index in [9.17, 15) is 4.79 Å². The average Bonchev–Trinajstić information content (AvgIpc) is 2.54. The second-order valence-electron chi connectivity index (χ2n) is 4.99. The maximum Gasteiger partial charge on any atom is 0.338 e. The van der Waals surface area contributed by atoms with Crippen LogP contribution in [0.25, 0.3) is 0 Å². The lowest BCUT2D eigenvalue weighted by molar-refractivity contribution is 0.0600. The molecular formula is C18H21NO2. The molecule has 1 atom stereocenters. The third-order valence-electron chi connectivity index (χ3n) is 3.68. The summed E-state index contributed by atoms with van der Waals surface area (Å²) in [5.41, 5.74) is 3.72. The van der Waals surface area contributed by atoms with Gasteiger partial charge in [-0.05, 0) is 36.6 Å². The van der Waals surface area contributed by atoms with E-state index in [1.165, 1.54) is 12.7 Å². The van der Waals surface area contributed by atoms with Gasteiger partial charge in [0, 0.05) is 5.69 Å². The molecule has 0 radical (unpaired) electrons. The first-order chi connectivity index (χ1) is 10.2. The normalized spacial score (nSPS) is 11.8. The van der Waals surface area contributed by atoms with Crippen molar-refractivity contribution < 1.29 is 9.53 Å². The highest BCUT2D eigenvalue weighted by Gasteiger charge is 2.14. The van der Waals surface area contributed by atoms with Crippen LogP contribution in [-0.4, -0.2) is 13.1 Å².